The van der Waals surface area contributed by atoms with Gasteiger partial charge in [0.05, 0.1) is 0 Å². The van der Waals surface area contributed by atoms with Crippen LogP contribution in [0.1, 0.15) is 52.0 Å². The second-order valence-corrected chi connectivity index (χ2v) is 7.41. The van der Waals surface area contributed by atoms with E-state index in [9.17, 15) is 0 Å². The van der Waals surface area contributed by atoms with Gasteiger partial charge >= 0.3 is 0 Å². The molecule has 96 valence electrons. The fraction of sp³-hybridized carbons (Fsp3) is 0.846. The number of rotatable bonds is 4. The summed E-state index contributed by atoms with van der Waals surface area (Å²) in [6, 6.07) is 0.588. The third-order valence-corrected chi connectivity index (χ3v) is 4.22. The first kappa shape index (κ1) is 12.8. The van der Waals surface area contributed by atoms with Gasteiger partial charge in [-0.2, -0.15) is 0 Å². The molecular weight excluding hydrogens is 230 g/mol. The Morgan fingerprint density at radius 3 is 2.76 bits per heavy atom. The average Bonchev–Trinajstić information content (AvgIpc) is 2.73. The van der Waals surface area contributed by atoms with Gasteiger partial charge in [-0.25, -0.2) is 0 Å². The van der Waals surface area contributed by atoms with E-state index in [0.717, 1.165) is 16.6 Å². The van der Waals surface area contributed by atoms with Crippen LogP contribution < -0.4 is 5.32 Å². The van der Waals surface area contributed by atoms with Crippen LogP contribution in [-0.4, -0.2) is 16.2 Å². The van der Waals surface area contributed by atoms with E-state index in [2.05, 4.69) is 43.2 Å². The summed E-state index contributed by atoms with van der Waals surface area (Å²) in [4.78, 5) is 0. The zero-order valence-corrected chi connectivity index (χ0v) is 12.1. The third-order valence-electron chi connectivity index (χ3n) is 3.35. The molecule has 1 saturated carbocycles. The highest BCUT2D eigenvalue weighted by Gasteiger charge is 2.31. The van der Waals surface area contributed by atoms with Crippen LogP contribution in [0.15, 0.2) is 0 Å². The fourth-order valence-electron chi connectivity index (χ4n) is 2.48. The molecular formula is C13H23N3S. The smallest absolute Gasteiger partial charge is 0.205 e. The molecule has 2 rings (SSSR count). The molecule has 0 aliphatic heterocycles. The summed E-state index contributed by atoms with van der Waals surface area (Å²) in [7, 11) is 0. The number of aromatic nitrogens is 2. The highest BCUT2D eigenvalue weighted by Crippen LogP contribution is 2.38. The average molecular weight is 253 g/mol. The molecule has 0 spiro atoms. The van der Waals surface area contributed by atoms with Crippen LogP contribution in [0.3, 0.4) is 0 Å². The monoisotopic (exact) mass is 253 g/mol. The molecule has 0 radical (unpaired) electrons. The Kier molecular flexibility index (Phi) is 3.71. The van der Waals surface area contributed by atoms with Crippen LogP contribution in [-0.2, 0) is 6.42 Å². The van der Waals surface area contributed by atoms with E-state index >= 15 is 0 Å². The first-order valence-electron chi connectivity index (χ1n) is 6.53. The minimum absolute atomic E-state index is 0.489. The summed E-state index contributed by atoms with van der Waals surface area (Å²) in [5, 5.41) is 14.2. The standard InChI is InChI=1S/C13H23N3S/c1-9(2)7-11-15-16-12(17-11)14-10-5-6-13(3,4)8-10/h9-10H,5-8H2,1-4H3,(H,14,16). The van der Waals surface area contributed by atoms with E-state index in [1.165, 1.54) is 19.3 Å². The SMILES string of the molecule is CC(C)Cc1nnc(NC2CCC(C)(C)C2)s1. The highest BCUT2D eigenvalue weighted by atomic mass is 32.1. The minimum atomic E-state index is 0.489. The maximum atomic E-state index is 4.24. The molecule has 0 saturated heterocycles. The van der Waals surface area contributed by atoms with Gasteiger partial charge < -0.3 is 5.32 Å². The van der Waals surface area contributed by atoms with Gasteiger partial charge in [-0.1, -0.05) is 39.0 Å². The number of nitrogens with one attached hydrogen (secondary N) is 1. The number of hydrogen-bond donors (Lipinski definition) is 1. The van der Waals surface area contributed by atoms with Crippen molar-refractivity contribution >= 4 is 16.5 Å². The minimum Gasteiger partial charge on any atom is -0.357 e. The van der Waals surface area contributed by atoms with Crippen molar-refractivity contribution in [2.45, 2.75) is 59.4 Å². The van der Waals surface area contributed by atoms with E-state index in [4.69, 9.17) is 0 Å². The van der Waals surface area contributed by atoms with Crippen molar-refractivity contribution < 1.29 is 0 Å². The lowest BCUT2D eigenvalue weighted by Crippen LogP contribution is -2.17. The summed E-state index contributed by atoms with van der Waals surface area (Å²) in [5.74, 6) is 0.654. The Morgan fingerprint density at radius 2 is 2.18 bits per heavy atom. The molecule has 3 nitrogen and oxygen atoms in total. The van der Waals surface area contributed by atoms with E-state index in [-0.39, 0.29) is 0 Å². The Labute approximate surface area is 108 Å². The third kappa shape index (κ3) is 3.66. The predicted octanol–water partition coefficient (Wildman–Crippen LogP) is 3.73. The maximum Gasteiger partial charge on any atom is 0.205 e. The summed E-state index contributed by atoms with van der Waals surface area (Å²) in [6.07, 6.45) is 4.84. The van der Waals surface area contributed by atoms with Crippen LogP contribution in [0.25, 0.3) is 0 Å². The predicted molar refractivity (Wildman–Crippen MR) is 73.5 cm³/mol. The van der Waals surface area contributed by atoms with Crippen molar-refractivity contribution in [1.82, 2.24) is 10.2 Å². The Balaban J connectivity index is 1.89. The van der Waals surface area contributed by atoms with Gasteiger partial charge in [-0.05, 0) is 30.6 Å². The van der Waals surface area contributed by atoms with Crippen molar-refractivity contribution in [2.75, 3.05) is 5.32 Å². The second-order valence-electron chi connectivity index (χ2n) is 6.35. The molecule has 0 aromatic carbocycles. The highest BCUT2D eigenvalue weighted by molar-refractivity contribution is 7.15. The molecule has 1 aliphatic carbocycles. The zero-order valence-electron chi connectivity index (χ0n) is 11.3. The van der Waals surface area contributed by atoms with Gasteiger partial charge in [-0.15, -0.1) is 10.2 Å². The van der Waals surface area contributed by atoms with Crippen LogP contribution in [0.4, 0.5) is 5.13 Å². The summed E-state index contributed by atoms with van der Waals surface area (Å²) < 4.78 is 0. The molecule has 0 bridgehead atoms. The van der Waals surface area contributed by atoms with Crippen LogP contribution in [0.5, 0.6) is 0 Å². The molecule has 1 aliphatic rings. The molecule has 1 aromatic heterocycles. The van der Waals surface area contributed by atoms with Gasteiger partial charge in [0.15, 0.2) is 0 Å². The molecule has 1 fully saturated rings. The summed E-state index contributed by atoms with van der Waals surface area (Å²) in [5.41, 5.74) is 0.489. The number of nitrogens with zero attached hydrogens (tertiary/aromatic N) is 2. The first-order valence-corrected chi connectivity index (χ1v) is 7.35. The van der Waals surface area contributed by atoms with Gasteiger partial charge in [-0.3, -0.25) is 0 Å². The van der Waals surface area contributed by atoms with Crippen molar-refractivity contribution in [1.29, 1.82) is 0 Å². The molecule has 17 heavy (non-hydrogen) atoms. The summed E-state index contributed by atoms with van der Waals surface area (Å²) in [6.45, 7) is 9.12. The van der Waals surface area contributed by atoms with Crippen LogP contribution >= 0.6 is 11.3 Å². The second kappa shape index (κ2) is 4.92. The van der Waals surface area contributed by atoms with E-state index in [0.29, 0.717) is 17.4 Å². The van der Waals surface area contributed by atoms with Crippen molar-refractivity contribution in [3.05, 3.63) is 5.01 Å². The first-order chi connectivity index (χ1) is 7.94. The van der Waals surface area contributed by atoms with Crippen LogP contribution in [0.2, 0.25) is 0 Å². The molecule has 0 amide bonds. The van der Waals surface area contributed by atoms with Crippen LogP contribution in [0, 0.1) is 11.3 Å². The summed E-state index contributed by atoms with van der Waals surface area (Å²) >= 11 is 1.71. The normalized spacial score (nSPS) is 23.2. The molecule has 4 heteroatoms. The van der Waals surface area contributed by atoms with E-state index < -0.39 is 0 Å². The molecule has 1 heterocycles. The quantitative estimate of drug-likeness (QED) is 0.888. The van der Waals surface area contributed by atoms with E-state index in [1.807, 2.05) is 0 Å². The Bertz CT molecular complexity index is 370. The number of hydrogen-bond acceptors (Lipinski definition) is 4. The fourth-order valence-corrected chi connectivity index (χ4v) is 3.51. The lowest BCUT2D eigenvalue weighted by molar-refractivity contribution is 0.378. The van der Waals surface area contributed by atoms with Gasteiger partial charge in [0.25, 0.3) is 0 Å². The molecule has 1 atom stereocenters. The molecule has 1 aromatic rings. The van der Waals surface area contributed by atoms with Gasteiger partial charge in [0, 0.05) is 12.5 Å². The van der Waals surface area contributed by atoms with Gasteiger partial charge in [0.2, 0.25) is 5.13 Å². The van der Waals surface area contributed by atoms with Crippen molar-refractivity contribution in [3.8, 4) is 0 Å². The lowest BCUT2D eigenvalue weighted by Gasteiger charge is -2.17. The van der Waals surface area contributed by atoms with Crippen molar-refractivity contribution in [3.63, 3.8) is 0 Å². The largest absolute Gasteiger partial charge is 0.357 e. The van der Waals surface area contributed by atoms with E-state index in [1.54, 1.807) is 11.3 Å². The maximum absolute atomic E-state index is 4.24. The van der Waals surface area contributed by atoms with Crippen molar-refractivity contribution in [2.24, 2.45) is 11.3 Å². The lowest BCUT2D eigenvalue weighted by atomic mass is 9.92. The topological polar surface area (TPSA) is 37.8 Å². The molecule has 1 unspecified atom stereocenters. The Morgan fingerprint density at radius 1 is 1.41 bits per heavy atom. The molecule has 1 N–H and O–H groups in total. The van der Waals surface area contributed by atoms with Gasteiger partial charge in [0.1, 0.15) is 5.01 Å². The zero-order chi connectivity index (χ0) is 12.5. The Hall–Kier alpha value is -0.640. The number of anilines is 1.